The van der Waals surface area contributed by atoms with E-state index < -0.39 is 16.4 Å². The minimum atomic E-state index is -0.777. The first-order chi connectivity index (χ1) is 9.58. The van der Waals surface area contributed by atoms with Gasteiger partial charge in [-0.15, -0.1) is 0 Å². The molecule has 0 saturated heterocycles. The SMILES string of the molecule is O=[N+]([O-])c1cccc(CNCc2ccc(Br)cc2)c1F. The summed E-state index contributed by atoms with van der Waals surface area (Å²) in [6.45, 7) is 0.805. The summed E-state index contributed by atoms with van der Waals surface area (Å²) in [7, 11) is 0. The van der Waals surface area contributed by atoms with Crippen LogP contribution in [-0.4, -0.2) is 4.92 Å². The highest BCUT2D eigenvalue weighted by molar-refractivity contribution is 9.10. The van der Waals surface area contributed by atoms with Gasteiger partial charge in [0.2, 0.25) is 5.82 Å². The highest BCUT2D eigenvalue weighted by atomic mass is 79.9. The molecule has 0 aliphatic heterocycles. The van der Waals surface area contributed by atoms with Crippen LogP contribution in [0.4, 0.5) is 10.1 Å². The summed E-state index contributed by atoms with van der Waals surface area (Å²) in [6, 6.07) is 11.9. The van der Waals surface area contributed by atoms with Crippen LogP contribution in [0.5, 0.6) is 0 Å². The normalized spacial score (nSPS) is 10.5. The monoisotopic (exact) mass is 338 g/mol. The van der Waals surface area contributed by atoms with Crippen molar-refractivity contribution >= 4 is 21.6 Å². The fourth-order valence-electron chi connectivity index (χ4n) is 1.79. The van der Waals surface area contributed by atoms with Crippen LogP contribution in [-0.2, 0) is 13.1 Å². The molecule has 4 nitrogen and oxygen atoms in total. The van der Waals surface area contributed by atoms with Gasteiger partial charge >= 0.3 is 5.69 Å². The number of nitrogens with zero attached hydrogens (tertiary/aromatic N) is 1. The molecule has 0 aromatic heterocycles. The Balaban J connectivity index is 1.99. The molecule has 0 spiro atoms. The molecule has 0 aliphatic rings. The van der Waals surface area contributed by atoms with Crippen LogP contribution in [0.25, 0.3) is 0 Å². The second kappa shape index (κ2) is 6.58. The molecular weight excluding hydrogens is 327 g/mol. The number of nitro benzene ring substituents is 1. The zero-order chi connectivity index (χ0) is 14.5. The Labute approximate surface area is 123 Å². The average Bonchev–Trinajstić information content (AvgIpc) is 2.42. The van der Waals surface area contributed by atoms with Crippen molar-refractivity contribution in [2.45, 2.75) is 13.1 Å². The topological polar surface area (TPSA) is 55.2 Å². The lowest BCUT2D eigenvalue weighted by Crippen LogP contribution is -2.14. The van der Waals surface area contributed by atoms with Crippen LogP contribution >= 0.6 is 15.9 Å². The molecule has 2 aromatic carbocycles. The van der Waals surface area contributed by atoms with Crippen LogP contribution in [0, 0.1) is 15.9 Å². The van der Waals surface area contributed by atoms with E-state index in [1.165, 1.54) is 12.1 Å². The van der Waals surface area contributed by atoms with Gasteiger partial charge in [0, 0.05) is 29.2 Å². The maximum Gasteiger partial charge on any atom is 0.305 e. The van der Waals surface area contributed by atoms with Crippen molar-refractivity contribution in [3.8, 4) is 0 Å². The third-order valence-corrected chi connectivity index (χ3v) is 3.34. The van der Waals surface area contributed by atoms with Crippen LogP contribution in [0.3, 0.4) is 0 Å². The molecule has 104 valence electrons. The zero-order valence-corrected chi connectivity index (χ0v) is 12.1. The molecule has 0 radical (unpaired) electrons. The molecule has 6 heteroatoms. The van der Waals surface area contributed by atoms with Crippen molar-refractivity contribution in [1.82, 2.24) is 5.32 Å². The van der Waals surface area contributed by atoms with Crippen molar-refractivity contribution < 1.29 is 9.31 Å². The molecule has 0 aliphatic carbocycles. The number of hydrogen-bond acceptors (Lipinski definition) is 3. The summed E-state index contributed by atoms with van der Waals surface area (Å²) in [5.74, 6) is -0.777. The molecule has 0 unspecified atom stereocenters. The molecular formula is C14H12BrFN2O2. The van der Waals surface area contributed by atoms with E-state index in [1.807, 2.05) is 24.3 Å². The van der Waals surface area contributed by atoms with Crippen LogP contribution < -0.4 is 5.32 Å². The van der Waals surface area contributed by atoms with Crippen molar-refractivity contribution in [3.05, 3.63) is 74.0 Å². The fraction of sp³-hybridized carbons (Fsp3) is 0.143. The second-order valence-electron chi connectivity index (χ2n) is 4.24. The van der Waals surface area contributed by atoms with Crippen molar-refractivity contribution in [2.24, 2.45) is 0 Å². The van der Waals surface area contributed by atoms with Gasteiger partial charge < -0.3 is 5.32 Å². The Hall–Kier alpha value is -1.79. The summed E-state index contributed by atoms with van der Waals surface area (Å²) in [5, 5.41) is 13.7. The number of hydrogen-bond donors (Lipinski definition) is 1. The molecule has 0 bridgehead atoms. The quantitative estimate of drug-likeness (QED) is 0.666. The van der Waals surface area contributed by atoms with Gasteiger partial charge in [0.15, 0.2) is 0 Å². The van der Waals surface area contributed by atoms with E-state index in [0.717, 1.165) is 16.1 Å². The number of benzene rings is 2. The number of halogens is 2. The van der Waals surface area contributed by atoms with Crippen molar-refractivity contribution in [3.63, 3.8) is 0 Å². The molecule has 2 rings (SSSR count). The predicted molar refractivity (Wildman–Crippen MR) is 77.7 cm³/mol. The molecule has 0 fully saturated rings. The van der Waals surface area contributed by atoms with Crippen molar-refractivity contribution in [1.29, 1.82) is 0 Å². The lowest BCUT2D eigenvalue weighted by atomic mass is 10.1. The van der Waals surface area contributed by atoms with E-state index in [0.29, 0.717) is 6.54 Å². The van der Waals surface area contributed by atoms with Gasteiger partial charge in [-0.1, -0.05) is 40.2 Å². The second-order valence-corrected chi connectivity index (χ2v) is 5.15. The smallest absolute Gasteiger partial charge is 0.305 e. The maximum absolute atomic E-state index is 13.8. The molecule has 1 N–H and O–H groups in total. The van der Waals surface area contributed by atoms with Crippen LogP contribution in [0.15, 0.2) is 46.9 Å². The summed E-state index contributed by atoms with van der Waals surface area (Å²) < 4.78 is 14.8. The first kappa shape index (κ1) is 14.6. The Morgan fingerprint density at radius 3 is 2.50 bits per heavy atom. The lowest BCUT2D eigenvalue weighted by molar-refractivity contribution is -0.387. The standard InChI is InChI=1S/C14H12BrFN2O2/c15-12-6-4-10(5-7-12)8-17-9-11-2-1-3-13(14(11)16)18(19)20/h1-7,17H,8-9H2. The number of rotatable bonds is 5. The Morgan fingerprint density at radius 2 is 1.85 bits per heavy atom. The molecule has 0 atom stereocenters. The Bertz CT molecular complexity index is 617. The van der Waals surface area contributed by atoms with Gasteiger partial charge in [0.05, 0.1) is 4.92 Å². The van der Waals surface area contributed by atoms with Gasteiger partial charge in [-0.3, -0.25) is 10.1 Å². The number of nitro groups is 1. The van der Waals surface area contributed by atoms with E-state index in [2.05, 4.69) is 21.2 Å². The third kappa shape index (κ3) is 3.61. The molecule has 0 heterocycles. The summed E-state index contributed by atoms with van der Waals surface area (Å²) in [5.41, 5.74) is 0.850. The Morgan fingerprint density at radius 1 is 1.15 bits per heavy atom. The summed E-state index contributed by atoms with van der Waals surface area (Å²) >= 11 is 3.35. The minimum absolute atomic E-state index is 0.240. The lowest BCUT2D eigenvalue weighted by Gasteiger charge is -2.06. The van der Waals surface area contributed by atoms with Crippen molar-refractivity contribution in [2.75, 3.05) is 0 Å². The van der Waals surface area contributed by atoms with Gasteiger partial charge in [0.1, 0.15) is 0 Å². The van der Waals surface area contributed by atoms with Gasteiger partial charge in [-0.25, -0.2) is 0 Å². The highest BCUT2D eigenvalue weighted by Gasteiger charge is 2.16. The highest BCUT2D eigenvalue weighted by Crippen LogP contribution is 2.20. The van der Waals surface area contributed by atoms with E-state index in [-0.39, 0.29) is 12.1 Å². The maximum atomic E-state index is 13.8. The molecule has 2 aromatic rings. The third-order valence-electron chi connectivity index (χ3n) is 2.81. The minimum Gasteiger partial charge on any atom is -0.309 e. The molecule has 20 heavy (non-hydrogen) atoms. The largest absolute Gasteiger partial charge is 0.309 e. The number of nitrogens with one attached hydrogen (secondary N) is 1. The van der Waals surface area contributed by atoms with Crippen LogP contribution in [0.1, 0.15) is 11.1 Å². The van der Waals surface area contributed by atoms with E-state index in [4.69, 9.17) is 0 Å². The van der Waals surface area contributed by atoms with Gasteiger partial charge in [-0.05, 0) is 17.7 Å². The fourth-order valence-corrected chi connectivity index (χ4v) is 2.05. The summed E-state index contributed by atoms with van der Waals surface area (Å²) in [6.07, 6.45) is 0. The predicted octanol–water partition coefficient (Wildman–Crippen LogP) is 3.79. The first-order valence-corrected chi connectivity index (χ1v) is 6.74. The zero-order valence-electron chi connectivity index (χ0n) is 10.5. The van der Waals surface area contributed by atoms with E-state index in [1.54, 1.807) is 0 Å². The van der Waals surface area contributed by atoms with Crippen LogP contribution in [0.2, 0.25) is 0 Å². The first-order valence-electron chi connectivity index (χ1n) is 5.95. The van der Waals surface area contributed by atoms with E-state index >= 15 is 0 Å². The van der Waals surface area contributed by atoms with E-state index in [9.17, 15) is 14.5 Å². The Kier molecular flexibility index (Phi) is 4.81. The van der Waals surface area contributed by atoms with Gasteiger partial charge in [0.25, 0.3) is 0 Å². The summed E-state index contributed by atoms with van der Waals surface area (Å²) in [4.78, 5) is 9.93. The molecule has 0 amide bonds. The van der Waals surface area contributed by atoms with Gasteiger partial charge in [-0.2, -0.15) is 4.39 Å². The molecule has 0 saturated carbocycles. The average molecular weight is 339 g/mol.